The topological polar surface area (TPSA) is 32.3 Å². The molecule has 0 bridgehead atoms. The molecular formula is C13H28N2OS. The normalized spacial score (nSPS) is 10.5. The summed E-state index contributed by atoms with van der Waals surface area (Å²) in [5.41, 5.74) is 0. The molecule has 0 atom stereocenters. The van der Waals surface area contributed by atoms with Crippen LogP contribution >= 0.6 is 11.8 Å². The lowest BCUT2D eigenvalue weighted by Crippen LogP contribution is -2.23. The van der Waals surface area contributed by atoms with Crippen LogP contribution in [0.25, 0.3) is 0 Å². The van der Waals surface area contributed by atoms with Crippen LogP contribution in [0.2, 0.25) is 0 Å². The summed E-state index contributed by atoms with van der Waals surface area (Å²) in [6, 6.07) is 0. The minimum Gasteiger partial charge on any atom is -0.349 e. The Bertz CT molecular complexity index is 186. The van der Waals surface area contributed by atoms with Crippen molar-refractivity contribution < 1.29 is 4.79 Å². The number of nitrogens with zero attached hydrogens (tertiary/aromatic N) is 1. The molecule has 0 heterocycles. The predicted molar refractivity (Wildman–Crippen MR) is 77.6 cm³/mol. The van der Waals surface area contributed by atoms with E-state index in [0.717, 1.165) is 19.5 Å². The van der Waals surface area contributed by atoms with Crippen LogP contribution < -0.4 is 5.32 Å². The van der Waals surface area contributed by atoms with Gasteiger partial charge in [-0.1, -0.05) is 12.8 Å². The van der Waals surface area contributed by atoms with Gasteiger partial charge in [0.2, 0.25) is 5.91 Å². The second-order valence-electron chi connectivity index (χ2n) is 4.55. The van der Waals surface area contributed by atoms with Crippen LogP contribution in [0.3, 0.4) is 0 Å². The van der Waals surface area contributed by atoms with E-state index in [0.29, 0.717) is 6.42 Å². The van der Waals surface area contributed by atoms with Crippen LogP contribution in [0.4, 0.5) is 0 Å². The molecule has 0 aliphatic carbocycles. The third-order valence-corrected chi connectivity index (χ3v) is 3.39. The number of rotatable bonds is 11. The van der Waals surface area contributed by atoms with Gasteiger partial charge in [-0.3, -0.25) is 4.79 Å². The summed E-state index contributed by atoms with van der Waals surface area (Å²) in [6.07, 6.45) is 9.05. The zero-order valence-corrected chi connectivity index (χ0v) is 12.4. The molecule has 17 heavy (non-hydrogen) atoms. The molecule has 0 aromatic rings. The highest BCUT2D eigenvalue weighted by molar-refractivity contribution is 7.98. The predicted octanol–water partition coefficient (Wildman–Crippen LogP) is 2.37. The van der Waals surface area contributed by atoms with Crippen LogP contribution in [-0.2, 0) is 4.79 Å². The highest BCUT2D eigenvalue weighted by Gasteiger charge is 2.01. The van der Waals surface area contributed by atoms with Gasteiger partial charge in [-0.2, -0.15) is 11.8 Å². The van der Waals surface area contributed by atoms with E-state index in [4.69, 9.17) is 0 Å². The molecule has 0 saturated heterocycles. The highest BCUT2D eigenvalue weighted by Crippen LogP contribution is 2.03. The Kier molecular flexibility index (Phi) is 12.1. The lowest BCUT2D eigenvalue weighted by Gasteiger charge is -2.10. The Balaban J connectivity index is 3.06. The van der Waals surface area contributed by atoms with Crippen molar-refractivity contribution in [2.75, 3.05) is 39.2 Å². The van der Waals surface area contributed by atoms with E-state index in [1.165, 1.54) is 31.4 Å². The van der Waals surface area contributed by atoms with E-state index in [2.05, 4.69) is 11.6 Å². The zero-order valence-electron chi connectivity index (χ0n) is 11.6. The number of carbonyl (C=O) groups excluding carboxylic acids is 1. The summed E-state index contributed by atoms with van der Waals surface area (Å²) >= 11 is 1.93. The molecule has 0 unspecified atom stereocenters. The molecule has 0 aromatic carbocycles. The first-order valence-electron chi connectivity index (χ1n) is 6.58. The Morgan fingerprint density at radius 2 is 1.71 bits per heavy atom. The van der Waals surface area contributed by atoms with Gasteiger partial charge in [0.25, 0.3) is 0 Å². The third-order valence-electron chi connectivity index (χ3n) is 2.70. The zero-order chi connectivity index (χ0) is 12.9. The molecule has 0 aliphatic heterocycles. The Labute approximate surface area is 111 Å². The monoisotopic (exact) mass is 260 g/mol. The summed E-state index contributed by atoms with van der Waals surface area (Å²) in [6.45, 7) is 2.06. The molecule has 1 N–H and O–H groups in total. The van der Waals surface area contributed by atoms with Gasteiger partial charge in [0.15, 0.2) is 0 Å². The quantitative estimate of drug-likeness (QED) is 0.579. The van der Waals surface area contributed by atoms with E-state index in [9.17, 15) is 4.79 Å². The minimum atomic E-state index is 0.226. The van der Waals surface area contributed by atoms with E-state index in [-0.39, 0.29) is 5.91 Å². The van der Waals surface area contributed by atoms with Crippen LogP contribution in [0.15, 0.2) is 0 Å². The van der Waals surface area contributed by atoms with Gasteiger partial charge >= 0.3 is 0 Å². The van der Waals surface area contributed by atoms with Crippen molar-refractivity contribution in [3.05, 3.63) is 0 Å². The fraction of sp³-hybridized carbons (Fsp3) is 0.923. The Morgan fingerprint density at radius 3 is 2.35 bits per heavy atom. The first-order valence-corrected chi connectivity index (χ1v) is 7.97. The molecule has 0 aromatic heterocycles. The van der Waals surface area contributed by atoms with E-state index in [1.54, 1.807) is 4.90 Å². The maximum atomic E-state index is 11.3. The fourth-order valence-corrected chi connectivity index (χ4v) is 2.06. The van der Waals surface area contributed by atoms with Crippen LogP contribution in [0.1, 0.15) is 38.5 Å². The van der Waals surface area contributed by atoms with Crippen LogP contribution in [0, 0.1) is 0 Å². The number of nitrogens with one attached hydrogen (secondary N) is 1. The van der Waals surface area contributed by atoms with Crippen molar-refractivity contribution in [2.24, 2.45) is 0 Å². The Hall–Kier alpha value is -0.220. The summed E-state index contributed by atoms with van der Waals surface area (Å²) in [5.74, 6) is 1.52. The maximum Gasteiger partial charge on any atom is 0.222 e. The molecule has 3 nitrogen and oxygen atoms in total. The van der Waals surface area contributed by atoms with E-state index >= 15 is 0 Å². The summed E-state index contributed by atoms with van der Waals surface area (Å²) < 4.78 is 0. The van der Waals surface area contributed by atoms with Crippen LogP contribution in [0.5, 0.6) is 0 Å². The minimum absolute atomic E-state index is 0.226. The summed E-state index contributed by atoms with van der Waals surface area (Å²) in [4.78, 5) is 12.9. The van der Waals surface area contributed by atoms with Gasteiger partial charge in [-0.05, 0) is 44.4 Å². The lowest BCUT2D eigenvalue weighted by atomic mass is 10.2. The average molecular weight is 260 g/mol. The van der Waals surface area contributed by atoms with Gasteiger partial charge < -0.3 is 10.2 Å². The van der Waals surface area contributed by atoms with Gasteiger partial charge in [-0.15, -0.1) is 0 Å². The van der Waals surface area contributed by atoms with Crippen LogP contribution in [-0.4, -0.2) is 50.0 Å². The lowest BCUT2D eigenvalue weighted by molar-refractivity contribution is -0.128. The second-order valence-corrected chi connectivity index (χ2v) is 5.53. The largest absolute Gasteiger partial charge is 0.349 e. The molecule has 1 amide bonds. The maximum absolute atomic E-state index is 11.3. The van der Waals surface area contributed by atoms with Gasteiger partial charge in [0.05, 0.1) is 0 Å². The first-order chi connectivity index (χ1) is 8.18. The molecule has 0 fully saturated rings. The first kappa shape index (κ1) is 16.8. The van der Waals surface area contributed by atoms with E-state index < -0.39 is 0 Å². The van der Waals surface area contributed by atoms with Gasteiger partial charge in [-0.25, -0.2) is 0 Å². The van der Waals surface area contributed by atoms with Crippen molar-refractivity contribution in [3.63, 3.8) is 0 Å². The molecule has 0 radical (unpaired) electrons. The Morgan fingerprint density at radius 1 is 1.06 bits per heavy atom. The molecule has 4 heteroatoms. The molecular weight excluding hydrogens is 232 g/mol. The number of thioether (sulfide) groups is 1. The molecule has 0 saturated carbocycles. The van der Waals surface area contributed by atoms with Crippen molar-refractivity contribution >= 4 is 17.7 Å². The number of amides is 1. The molecule has 0 rings (SSSR count). The third kappa shape index (κ3) is 12.0. The average Bonchev–Trinajstić information content (AvgIpc) is 2.31. The van der Waals surface area contributed by atoms with Crippen molar-refractivity contribution in [1.82, 2.24) is 10.2 Å². The molecule has 0 aliphatic rings. The SMILES string of the molecule is CSCCCCCCNCCCC(=O)N(C)C. The van der Waals surface area contributed by atoms with Gasteiger partial charge in [0.1, 0.15) is 0 Å². The van der Waals surface area contributed by atoms with Gasteiger partial charge in [0, 0.05) is 20.5 Å². The number of unbranched alkanes of at least 4 members (excludes halogenated alkanes) is 3. The molecule has 0 spiro atoms. The second kappa shape index (κ2) is 12.2. The van der Waals surface area contributed by atoms with Crippen molar-refractivity contribution in [2.45, 2.75) is 38.5 Å². The standard InChI is InChI=1S/C13H28N2OS/c1-15(2)13(16)9-8-11-14-10-6-4-5-7-12-17-3/h14H,4-12H2,1-3H3. The van der Waals surface area contributed by atoms with E-state index in [1.807, 2.05) is 25.9 Å². The van der Waals surface area contributed by atoms with Crippen molar-refractivity contribution in [3.8, 4) is 0 Å². The van der Waals surface area contributed by atoms with Crippen molar-refractivity contribution in [1.29, 1.82) is 0 Å². The number of hydrogen-bond donors (Lipinski definition) is 1. The molecule has 102 valence electrons. The highest BCUT2D eigenvalue weighted by atomic mass is 32.2. The number of hydrogen-bond acceptors (Lipinski definition) is 3. The number of carbonyl (C=O) groups is 1. The smallest absolute Gasteiger partial charge is 0.222 e. The fourth-order valence-electron chi connectivity index (χ4n) is 1.56. The summed E-state index contributed by atoms with van der Waals surface area (Å²) in [5, 5.41) is 3.39. The summed E-state index contributed by atoms with van der Waals surface area (Å²) in [7, 11) is 3.62.